The Hall–Kier alpha value is -2.07. The minimum atomic E-state index is 1.07. The summed E-state index contributed by atoms with van der Waals surface area (Å²) < 4.78 is 2.63. The summed E-state index contributed by atoms with van der Waals surface area (Å²) in [7, 11) is 4.25. The monoisotopic (exact) mass is 364 g/mol. The van der Waals surface area contributed by atoms with E-state index in [4.69, 9.17) is 4.98 Å². The maximum atomic E-state index is 4.76. The Balaban J connectivity index is 1.97. The highest BCUT2D eigenvalue weighted by molar-refractivity contribution is 6.11. The van der Waals surface area contributed by atoms with E-state index in [1.54, 1.807) is 11.3 Å². The van der Waals surface area contributed by atoms with Crippen LogP contribution in [0.4, 0.5) is 5.69 Å². The molecule has 1 aromatic carbocycles. The molecule has 144 valence electrons. The number of fused-ring (bicyclic) bond motifs is 5. The topological polar surface area (TPSA) is 24.3 Å². The van der Waals surface area contributed by atoms with Crippen molar-refractivity contribution >= 4 is 27.5 Å². The average Bonchev–Trinajstić information content (AvgIpc) is 3.02. The van der Waals surface area contributed by atoms with E-state index >= 15 is 0 Å². The van der Waals surface area contributed by atoms with E-state index in [1.165, 1.54) is 47.7 Å². The third-order valence-electron chi connectivity index (χ3n) is 6.22. The third-order valence-corrected chi connectivity index (χ3v) is 6.22. The quantitative estimate of drug-likeness (QED) is 0.645. The van der Waals surface area contributed by atoms with Crippen molar-refractivity contribution in [3.63, 3.8) is 0 Å². The van der Waals surface area contributed by atoms with Crippen LogP contribution in [0.3, 0.4) is 0 Å². The summed E-state index contributed by atoms with van der Waals surface area (Å²) in [5.74, 6) is 0. The Labute approximate surface area is 162 Å². The molecule has 0 amide bonds. The summed E-state index contributed by atoms with van der Waals surface area (Å²) in [6.07, 6.45) is 6.96. The minimum Gasteiger partial charge on any atom is -0.376 e. The van der Waals surface area contributed by atoms with Gasteiger partial charge in [0.05, 0.1) is 16.7 Å². The van der Waals surface area contributed by atoms with Crippen LogP contribution in [0.5, 0.6) is 0 Å². The molecular weight excluding hydrogens is 332 g/mol. The first kappa shape index (κ1) is 18.3. The summed E-state index contributed by atoms with van der Waals surface area (Å²) in [6.45, 7) is 8.93. The van der Waals surface area contributed by atoms with Crippen LogP contribution in [-0.2, 0) is 19.4 Å². The molecule has 0 atom stereocenters. The van der Waals surface area contributed by atoms with Crippen molar-refractivity contribution in [1.29, 1.82) is 0 Å². The van der Waals surface area contributed by atoms with Crippen molar-refractivity contribution in [1.82, 2.24) is 14.5 Å². The average molecular weight is 365 g/mol. The van der Waals surface area contributed by atoms with Gasteiger partial charge in [-0.2, -0.15) is 0 Å². The second-order valence-electron chi connectivity index (χ2n) is 7.90. The molecule has 4 rings (SSSR count). The highest BCUT2D eigenvalue weighted by Gasteiger charge is 2.23. The fourth-order valence-electron chi connectivity index (χ4n) is 4.72. The highest BCUT2D eigenvalue weighted by Crippen LogP contribution is 2.39. The van der Waals surface area contributed by atoms with Gasteiger partial charge in [-0.15, -0.1) is 0 Å². The molecule has 0 spiro atoms. The number of hydrogen-bond acceptors (Lipinski definition) is 3. The largest absolute Gasteiger partial charge is 0.376 e. The van der Waals surface area contributed by atoms with E-state index in [-0.39, 0.29) is 0 Å². The second kappa shape index (κ2) is 7.51. The maximum absolute atomic E-state index is 4.76. The predicted octanol–water partition coefficient (Wildman–Crippen LogP) is 4.48. The zero-order valence-corrected chi connectivity index (χ0v) is 17.3. The second-order valence-corrected chi connectivity index (χ2v) is 7.90. The lowest BCUT2D eigenvalue weighted by molar-refractivity contribution is 0.290. The molecule has 0 saturated heterocycles. The third kappa shape index (κ3) is 3.10. The summed E-state index contributed by atoms with van der Waals surface area (Å²) in [5.41, 5.74) is 6.91. The summed E-state index contributed by atoms with van der Waals surface area (Å²) in [4.78, 5) is 9.49. The van der Waals surface area contributed by atoms with Crippen LogP contribution >= 0.6 is 0 Å². The number of rotatable bonds is 6. The van der Waals surface area contributed by atoms with Crippen LogP contribution < -0.4 is 4.90 Å². The van der Waals surface area contributed by atoms with Gasteiger partial charge in [-0.3, -0.25) is 4.98 Å². The molecule has 2 heterocycles. The van der Waals surface area contributed by atoms with Crippen molar-refractivity contribution in [2.45, 2.75) is 46.1 Å². The molecule has 27 heavy (non-hydrogen) atoms. The van der Waals surface area contributed by atoms with Crippen LogP contribution in [0.25, 0.3) is 21.8 Å². The van der Waals surface area contributed by atoms with Crippen molar-refractivity contribution in [3.05, 3.63) is 35.7 Å². The lowest BCUT2D eigenvalue weighted by Gasteiger charge is -2.21. The zero-order valence-electron chi connectivity index (χ0n) is 17.3. The fraction of sp³-hybridized carbons (Fsp3) is 0.522. The smallest absolute Gasteiger partial charge is 0.0956 e. The Morgan fingerprint density at radius 2 is 1.85 bits per heavy atom. The molecule has 0 saturated carbocycles. The van der Waals surface area contributed by atoms with Gasteiger partial charge in [-0.05, 0) is 62.5 Å². The van der Waals surface area contributed by atoms with Gasteiger partial charge in [0.1, 0.15) is 0 Å². The van der Waals surface area contributed by atoms with Gasteiger partial charge in [-0.25, -0.2) is 0 Å². The van der Waals surface area contributed by atoms with E-state index in [1.807, 2.05) is 6.20 Å². The van der Waals surface area contributed by atoms with Gasteiger partial charge in [-0.1, -0.05) is 13.8 Å². The van der Waals surface area contributed by atoms with Crippen LogP contribution in [0, 0.1) is 0 Å². The lowest BCUT2D eigenvalue weighted by atomic mass is 9.95. The maximum Gasteiger partial charge on any atom is 0.0956 e. The van der Waals surface area contributed by atoms with Crippen LogP contribution in [-0.4, -0.2) is 48.2 Å². The van der Waals surface area contributed by atoms with Crippen LogP contribution in [0.2, 0.25) is 0 Å². The SMILES string of the molecule is CCN(CC)CCn1c2c(c3cc(N(C)C)c4ncccc4c31)CCCC2. The first-order chi connectivity index (χ1) is 13.2. The molecule has 0 radical (unpaired) electrons. The van der Waals surface area contributed by atoms with Crippen LogP contribution in [0.1, 0.15) is 37.9 Å². The lowest BCUT2D eigenvalue weighted by Crippen LogP contribution is -2.27. The molecular formula is C23H32N4. The summed E-state index contributed by atoms with van der Waals surface area (Å²) in [6, 6.07) is 6.74. The number of hydrogen-bond donors (Lipinski definition) is 0. The van der Waals surface area contributed by atoms with E-state index in [9.17, 15) is 0 Å². The number of aromatic nitrogens is 2. The molecule has 4 nitrogen and oxygen atoms in total. The van der Waals surface area contributed by atoms with Crippen molar-refractivity contribution < 1.29 is 0 Å². The van der Waals surface area contributed by atoms with Gasteiger partial charge in [0.2, 0.25) is 0 Å². The molecule has 0 N–H and O–H groups in total. The minimum absolute atomic E-state index is 1.07. The van der Waals surface area contributed by atoms with Crippen molar-refractivity contribution in [2.75, 3.05) is 38.6 Å². The normalized spacial score (nSPS) is 14.3. The van der Waals surface area contributed by atoms with Gasteiger partial charge < -0.3 is 14.4 Å². The molecule has 0 unspecified atom stereocenters. The van der Waals surface area contributed by atoms with E-state index in [2.05, 4.69) is 60.5 Å². The van der Waals surface area contributed by atoms with E-state index < -0.39 is 0 Å². The number of anilines is 1. The number of benzene rings is 1. The standard InChI is InChI=1S/C23H32N4/c1-5-26(6-2)14-15-27-20-12-8-7-10-17(20)19-16-21(25(3)4)22-18(23(19)27)11-9-13-24-22/h9,11,13,16H,5-8,10,12,14-15H2,1-4H3. The molecule has 4 heteroatoms. The van der Waals surface area contributed by atoms with Gasteiger partial charge >= 0.3 is 0 Å². The van der Waals surface area contributed by atoms with E-state index in [0.717, 1.165) is 31.7 Å². The number of pyridine rings is 1. The van der Waals surface area contributed by atoms with Crippen molar-refractivity contribution in [2.24, 2.45) is 0 Å². The Bertz CT molecular complexity index is 950. The van der Waals surface area contributed by atoms with Crippen LogP contribution in [0.15, 0.2) is 24.4 Å². The predicted molar refractivity (Wildman–Crippen MR) is 116 cm³/mol. The van der Waals surface area contributed by atoms with Gasteiger partial charge in [0.15, 0.2) is 0 Å². The molecule has 0 fully saturated rings. The Morgan fingerprint density at radius 1 is 1.07 bits per heavy atom. The molecule has 1 aliphatic carbocycles. The fourth-order valence-corrected chi connectivity index (χ4v) is 4.72. The van der Waals surface area contributed by atoms with Gasteiger partial charge in [0.25, 0.3) is 0 Å². The number of nitrogens with zero attached hydrogens (tertiary/aromatic N) is 4. The summed E-state index contributed by atoms with van der Waals surface area (Å²) in [5, 5.41) is 2.75. The molecule has 2 aromatic heterocycles. The molecule has 1 aliphatic rings. The Kier molecular flexibility index (Phi) is 5.09. The first-order valence-electron chi connectivity index (χ1n) is 10.5. The molecule has 0 aliphatic heterocycles. The van der Waals surface area contributed by atoms with Gasteiger partial charge in [0, 0.05) is 49.8 Å². The Morgan fingerprint density at radius 3 is 2.59 bits per heavy atom. The molecule has 3 aromatic rings. The summed E-state index contributed by atoms with van der Waals surface area (Å²) >= 11 is 0. The van der Waals surface area contributed by atoms with Crippen molar-refractivity contribution in [3.8, 4) is 0 Å². The van der Waals surface area contributed by atoms with E-state index in [0.29, 0.717) is 0 Å². The first-order valence-corrected chi connectivity index (χ1v) is 10.5. The zero-order chi connectivity index (χ0) is 19.0. The molecule has 0 bridgehead atoms. The number of likely N-dealkylation sites (N-methyl/N-ethyl adjacent to an activating group) is 1. The highest BCUT2D eigenvalue weighted by atomic mass is 15.1. The number of aryl methyl sites for hydroxylation is 1.